The summed E-state index contributed by atoms with van der Waals surface area (Å²) in [6.07, 6.45) is 1.15. The third-order valence-electron chi connectivity index (χ3n) is 7.51. The second-order valence-electron chi connectivity index (χ2n) is 10.2. The van der Waals surface area contributed by atoms with Gasteiger partial charge in [-0.2, -0.15) is 0 Å². The standard InChI is InChI=1S/C33H31NO4.ClH/c35-33(36)17-29-22-38-32-18-30(11-12-31(29)32)37-21-24-7-4-8-25(15-24)26-9-10-27-19-34(20-28(27)16-26)14-13-23-5-2-1-3-6-23;/h1-12,15-16,18,29H,13-14,17,19-22H2,(H,35,36);1H/t29-;/m1./s1. The van der Waals surface area contributed by atoms with Gasteiger partial charge in [0.05, 0.1) is 13.0 Å². The Morgan fingerprint density at radius 3 is 2.51 bits per heavy atom. The minimum Gasteiger partial charge on any atom is -0.492 e. The minimum atomic E-state index is -0.810. The van der Waals surface area contributed by atoms with Gasteiger partial charge in [-0.1, -0.05) is 66.7 Å². The van der Waals surface area contributed by atoms with Crippen molar-refractivity contribution in [3.05, 3.63) is 119 Å². The molecule has 0 spiro atoms. The maximum atomic E-state index is 11.1. The minimum absolute atomic E-state index is 0. The first-order chi connectivity index (χ1) is 18.6. The molecule has 200 valence electrons. The number of carbonyl (C=O) groups is 1. The zero-order valence-electron chi connectivity index (χ0n) is 21.7. The molecule has 6 rings (SSSR count). The van der Waals surface area contributed by atoms with Crippen LogP contribution >= 0.6 is 12.4 Å². The molecule has 4 aromatic rings. The van der Waals surface area contributed by atoms with Crippen molar-refractivity contribution in [1.29, 1.82) is 0 Å². The molecule has 2 heterocycles. The molecule has 39 heavy (non-hydrogen) atoms. The van der Waals surface area contributed by atoms with E-state index in [0.717, 1.165) is 48.7 Å². The van der Waals surface area contributed by atoms with E-state index in [0.29, 0.717) is 13.2 Å². The number of hydrogen-bond donors (Lipinski definition) is 1. The number of aliphatic carboxylic acids is 1. The molecule has 5 nitrogen and oxygen atoms in total. The van der Waals surface area contributed by atoms with Crippen LogP contribution in [0.2, 0.25) is 0 Å². The zero-order chi connectivity index (χ0) is 25.9. The van der Waals surface area contributed by atoms with Crippen LogP contribution < -0.4 is 9.47 Å². The molecule has 0 aromatic heterocycles. The molecule has 1 atom stereocenters. The van der Waals surface area contributed by atoms with Crippen LogP contribution in [-0.2, 0) is 30.9 Å². The van der Waals surface area contributed by atoms with E-state index < -0.39 is 5.97 Å². The van der Waals surface area contributed by atoms with Gasteiger partial charge >= 0.3 is 5.97 Å². The van der Waals surface area contributed by atoms with Crippen LogP contribution in [0.3, 0.4) is 0 Å². The fourth-order valence-electron chi connectivity index (χ4n) is 5.47. The van der Waals surface area contributed by atoms with E-state index in [2.05, 4.69) is 77.7 Å². The number of fused-ring (bicyclic) bond motifs is 2. The van der Waals surface area contributed by atoms with E-state index in [9.17, 15) is 4.79 Å². The van der Waals surface area contributed by atoms with Gasteiger partial charge in [-0.3, -0.25) is 9.69 Å². The fourth-order valence-corrected chi connectivity index (χ4v) is 5.47. The number of carboxylic acids is 1. The lowest BCUT2D eigenvalue weighted by atomic mass is 9.98. The molecule has 0 unspecified atom stereocenters. The Balaban J connectivity index is 0.00000308. The number of nitrogens with zero attached hydrogens (tertiary/aromatic N) is 1. The molecular formula is C33H32ClNO4. The first kappa shape index (κ1) is 26.8. The van der Waals surface area contributed by atoms with E-state index in [1.165, 1.54) is 27.8 Å². The maximum Gasteiger partial charge on any atom is 0.304 e. The SMILES string of the molecule is Cl.O=C(O)C[C@@H]1COc2cc(OCc3cccc(-c4ccc5c(c4)CN(CCc4ccccc4)C5)c3)ccc21. The van der Waals surface area contributed by atoms with Gasteiger partial charge in [-0.05, 0) is 58.0 Å². The lowest BCUT2D eigenvalue weighted by molar-refractivity contribution is -0.137. The summed E-state index contributed by atoms with van der Waals surface area (Å²) in [5.41, 5.74) is 8.67. The van der Waals surface area contributed by atoms with E-state index in [1.807, 2.05) is 18.2 Å². The predicted molar refractivity (Wildman–Crippen MR) is 155 cm³/mol. The Labute approximate surface area is 235 Å². The smallest absolute Gasteiger partial charge is 0.304 e. The molecule has 0 bridgehead atoms. The van der Waals surface area contributed by atoms with E-state index >= 15 is 0 Å². The Hall–Kier alpha value is -3.80. The fraction of sp³-hybridized carbons (Fsp3) is 0.242. The van der Waals surface area contributed by atoms with Crippen molar-refractivity contribution in [1.82, 2.24) is 4.90 Å². The molecule has 1 N–H and O–H groups in total. The first-order valence-electron chi connectivity index (χ1n) is 13.2. The van der Waals surface area contributed by atoms with Gasteiger partial charge in [-0.15, -0.1) is 12.4 Å². The molecule has 0 amide bonds. The molecule has 0 saturated carbocycles. The summed E-state index contributed by atoms with van der Waals surface area (Å²) in [4.78, 5) is 13.6. The van der Waals surface area contributed by atoms with Gasteiger partial charge < -0.3 is 14.6 Å². The highest BCUT2D eigenvalue weighted by molar-refractivity contribution is 5.85. The Morgan fingerprint density at radius 1 is 0.872 bits per heavy atom. The van der Waals surface area contributed by atoms with Crippen LogP contribution in [0.4, 0.5) is 0 Å². The molecule has 0 fully saturated rings. The lowest BCUT2D eigenvalue weighted by Crippen LogP contribution is -2.19. The van der Waals surface area contributed by atoms with Gasteiger partial charge in [0, 0.05) is 37.2 Å². The van der Waals surface area contributed by atoms with E-state index in [4.69, 9.17) is 14.6 Å². The third kappa shape index (κ3) is 6.27. The third-order valence-corrected chi connectivity index (χ3v) is 7.51. The second kappa shape index (κ2) is 11.9. The number of rotatable bonds is 9. The summed E-state index contributed by atoms with van der Waals surface area (Å²) in [6, 6.07) is 31.7. The van der Waals surface area contributed by atoms with Crippen LogP contribution in [0, 0.1) is 0 Å². The van der Waals surface area contributed by atoms with Gasteiger partial charge in [0.15, 0.2) is 0 Å². The molecule has 0 aliphatic carbocycles. The summed E-state index contributed by atoms with van der Waals surface area (Å²) in [5.74, 6) is 0.531. The number of benzene rings is 4. The monoisotopic (exact) mass is 541 g/mol. The average Bonchev–Trinajstić information content (AvgIpc) is 3.54. The zero-order valence-corrected chi connectivity index (χ0v) is 22.5. The highest BCUT2D eigenvalue weighted by Gasteiger charge is 2.26. The van der Waals surface area contributed by atoms with Crippen molar-refractivity contribution >= 4 is 18.4 Å². The topological polar surface area (TPSA) is 59.0 Å². The summed E-state index contributed by atoms with van der Waals surface area (Å²) in [7, 11) is 0. The highest BCUT2D eigenvalue weighted by Crippen LogP contribution is 2.38. The van der Waals surface area contributed by atoms with Gasteiger partial charge in [0.25, 0.3) is 0 Å². The predicted octanol–water partition coefficient (Wildman–Crippen LogP) is 6.86. The van der Waals surface area contributed by atoms with Gasteiger partial charge in [-0.25, -0.2) is 0 Å². The van der Waals surface area contributed by atoms with Crippen molar-refractivity contribution in [2.45, 2.75) is 38.5 Å². The van der Waals surface area contributed by atoms with Crippen LogP contribution in [0.15, 0.2) is 91.0 Å². The largest absolute Gasteiger partial charge is 0.492 e. The first-order valence-corrected chi connectivity index (χ1v) is 13.2. The summed E-state index contributed by atoms with van der Waals surface area (Å²) in [6.45, 7) is 3.92. The molecule has 2 aliphatic rings. The van der Waals surface area contributed by atoms with Crippen molar-refractivity contribution in [2.75, 3.05) is 13.2 Å². The van der Waals surface area contributed by atoms with Crippen molar-refractivity contribution in [3.8, 4) is 22.6 Å². The van der Waals surface area contributed by atoms with Crippen molar-refractivity contribution in [2.24, 2.45) is 0 Å². The normalized spacial score (nSPS) is 15.6. The average molecular weight is 542 g/mol. The molecule has 0 saturated heterocycles. The summed E-state index contributed by atoms with van der Waals surface area (Å²) >= 11 is 0. The number of halogens is 1. The maximum absolute atomic E-state index is 11.1. The quantitative estimate of drug-likeness (QED) is 0.251. The molecule has 2 aliphatic heterocycles. The molecule has 4 aromatic carbocycles. The Kier molecular flexibility index (Phi) is 8.20. The molecular weight excluding hydrogens is 510 g/mol. The van der Waals surface area contributed by atoms with Crippen LogP contribution in [0.1, 0.15) is 40.2 Å². The van der Waals surface area contributed by atoms with Crippen molar-refractivity contribution in [3.63, 3.8) is 0 Å². The highest BCUT2D eigenvalue weighted by atomic mass is 35.5. The van der Waals surface area contributed by atoms with E-state index in [-0.39, 0.29) is 24.7 Å². The van der Waals surface area contributed by atoms with Crippen molar-refractivity contribution < 1.29 is 19.4 Å². The summed E-state index contributed by atoms with van der Waals surface area (Å²) < 4.78 is 11.8. The lowest BCUT2D eigenvalue weighted by Gasteiger charge is -2.14. The molecule has 6 heteroatoms. The second-order valence-corrected chi connectivity index (χ2v) is 10.2. The van der Waals surface area contributed by atoms with Gasteiger partial charge in [0.1, 0.15) is 18.1 Å². The number of ether oxygens (including phenoxy) is 2. The number of carboxylic acid groups (broad SMARTS) is 1. The Bertz CT molecular complexity index is 1460. The molecule has 0 radical (unpaired) electrons. The van der Waals surface area contributed by atoms with Crippen LogP contribution in [0.25, 0.3) is 11.1 Å². The van der Waals surface area contributed by atoms with Crippen LogP contribution in [-0.4, -0.2) is 29.1 Å². The summed E-state index contributed by atoms with van der Waals surface area (Å²) in [5, 5.41) is 9.11. The Morgan fingerprint density at radius 2 is 1.67 bits per heavy atom. The van der Waals surface area contributed by atoms with Gasteiger partial charge in [0.2, 0.25) is 0 Å². The van der Waals surface area contributed by atoms with E-state index in [1.54, 1.807) is 0 Å². The van der Waals surface area contributed by atoms with Crippen LogP contribution in [0.5, 0.6) is 11.5 Å². The number of hydrogen-bond acceptors (Lipinski definition) is 4.